The summed E-state index contributed by atoms with van der Waals surface area (Å²) in [7, 11) is 0. The summed E-state index contributed by atoms with van der Waals surface area (Å²) in [5, 5.41) is 6.21. The van der Waals surface area contributed by atoms with E-state index in [0.29, 0.717) is 6.61 Å². The van der Waals surface area contributed by atoms with Crippen LogP contribution in [-0.4, -0.2) is 37.2 Å². The molecule has 88 valence electrons. The molecule has 2 atom stereocenters. The van der Waals surface area contributed by atoms with Crippen molar-refractivity contribution < 1.29 is 9.53 Å². The topological polar surface area (TPSA) is 50.4 Å². The number of hydrogen-bond acceptors (Lipinski definition) is 3. The number of carbonyl (C=O) groups is 1. The molecule has 2 unspecified atom stereocenters. The Hall–Kier alpha value is -0.610. The Bertz CT molecular complexity index is 213. The van der Waals surface area contributed by atoms with Crippen molar-refractivity contribution in [1.29, 1.82) is 0 Å². The third-order valence-corrected chi connectivity index (χ3v) is 2.73. The number of amides is 1. The van der Waals surface area contributed by atoms with Crippen molar-refractivity contribution in [2.75, 3.05) is 19.8 Å². The number of hydrogen-bond donors (Lipinski definition) is 2. The van der Waals surface area contributed by atoms with Gasteiger partial charge in [0.1, 0.15) is 0 Å². The third-order valence-electron chi connectivity index (χ3n) is 2.73. The summed E-state index contributed by atoms with van der Waals surface area (Å²) in [6.45, 7) is 8.27. The number of ether oxygens (including phenoxy) is 1. The Kier molecular flexibility index (Phi) is 4.54. The first kappa shape index (κ1) is 12.5. The molecule has 0 radical (unpaired) electrons. The van der Waals surface area contributed by atoms with Crippen molar-refractivity contribution in [1.82, 2.24) is 10.6 Å². The zero-order chi connectivity index (χ0) is 11.3. The van der Waals surface area contributed by atoms with Crippen LogP contribution in [0.2, 0.25) is 0 Å². The molecule has 1 aliphatic rings. The fourth-order valence-corrected chi connectivity index (χ4v) is 1.77. The summed E-state index contributed by atoms with van der Waals surface area (Å²) >= 11 is 0. The van der Waals surface area contributed by atoms with Gasteiger partial charge in [-0.3, -0.25) is 10.1 Å². The monoisotopic (exact) mass is 214 g/mol. The van der Waals surface area contributed by atoms with Gasteiger partial charge >= 0.3 is 0 Å². The molecule has 1 aliphatic heterocycles. The van der Waals surface area contributed by atoms with E-state index < -0.39 is 0 Å². The maximum Gasteiger partial charge on any atom is 0.236 e. The third kappa shape index (κ3) is 3.80. The van der Waals surface area contributed by atoms with Gasteiger partial charge in [0.2, 0.25) is 5.91 Å². The van der Waals surface area contributed by atoms with Gasteiger partial charge in [-0.2, -0.15) is 0 Å². The van der Waals surface area contributed by atoms with E-state index in [4.69, 9.17) is 4.74 Å². The summed E-state index contributed by atoms with van der Waals surface area (Å²) in [5.41, 5.74) is -0.0387. The van der Waals surface area contributed by atoms with Crippen LogP contribution in [0, 0.1) is 0 Å². The molecule has 0 saturated carbocycles. The lowest BCUT2D eigenvalue weighted by Gasteiger charge is -2.27. The van der Waals surface area contributed by atoms with Crippen molar-refractivity contribution in [3.8, 4) is 0 Å². The molecule has 0 aliphatic carbocycles. The highest BCUT2D eigenvalue weighted by molar-refractivity contribution is 5.81. The lowest BCUT2D eigenvalue weighted by molar-refractivity contribution is -0.123. The van der Waals surface area contributed by atoms with Gasteiger partial charge in [-0.05, 0) is 26.7 Å². The predicted octanol–water partition coefficient (Wildman–Crippen LogP) is 0.670. The number of rotatable bonds is 5. The van der Waals surface area contributed by atoms with Gasteiger partial charge in [-0.15, -0.1) is 0 Å². The second-order valence-electron chi connectivity index (χ2n) is 4.52. The average Bonchev–Trinajstić information content (AvgIpc) is 2.61. The van der Waals surface area contributed by atoms with Crippen molar-refractivity contribution >= 4 is 5.91 Å². The molecule has 4 nitrogen and oxygen atoms in total. The fraction of sp³-hybridized carbons (Fsp3) is 0.909. The van der Waals surface area contributed by atoms with Crippen molar-refractivity contribution in [2.24, 2.45) is 0 Å². The Morgan fingerprint density at radius 2 is 2.33 bits per heavy atom. The molecule has 15 heavy (non-hydrogen) atoms. The molecule has 4 heteroatoms. The Morgan fingerprint density at radius 3 is 2.87 bits per heavy atom. The number of nitrogens with one attached hydrogen (secondary N) is 2. The molecule has 0 aromatic rings. The second-order valence-corrected chi connectivity index (χ2v) is 4.52. The van der Waals surface area contributed by atoms with Crippen LogP contribution in [0.5, 0.6) is 0 Å². The molecule has 1 amide bonds. The molecule has 1 fully saturated rings. The van der Waals surface area contributed by atoms with Gasteiger partial charge in [0.25, 0.3) is 0 Å². The lowest BCUT2D eigenvalue weighted by atomic mass is 10.0. The van der Waals surface area contributed by atoms with E-state index >= 15 is 0 Å². The van der Waals surface area contributed by atoms with E-state index in [2.05, 4.69) is 17.6 Å². The smallest absolute Gasteiger partial charge is 0.236 e. The van der Waals surface area contributed by atoms with E-state index in [9.17, 15) is 4.79 Å². The summed E-state index contributed by atoms with van der Waals surface area (Å²) in [4.78, 5) is 11.6. The van der Waals surface area contributed by atoms with Gasteiger partial charge in [0.05, 0.1) is 12.6 Å². The zero-order valence-corrected chi connectivity index (χ0v) is 9.93. The highest BCUT2D eigenvalue weighted by Gasteiger charge is 2.32. The zero-order valence-electron chi connectivity index (χ0n) is 9.93. The SMILES string of the molecule is CCCNC(=O)C(C)NC1(C)CCOC1. The Balaban J connectivity index is 2.33. The highest BCUT2D eigenvalue weighted by atomic mass is 16.5. The number of carbonyl (C=O) groups excluding carboxylic acids is 1. The van der Waals surface area contributed by atoms with Crippen molar-refractivity contribution in [3.63, 3.8) is 0 Å². The second kappa shape index (κ2) is 5.47. The summed E-state index contributed by atoms with van der Waals surface area (Å²) in [6, 6.07) is -0.150. The molecule has 1 saturated heterocycles. The van der Waals surface area contributed by atoms with Crippen molar-refractivity contribution in [2.45, 2.75) is 45.2 Å². The van der Waals surface area contributed by atoms with Crippen LogP contribution < -0.4 is 10.6 Å². The highest BCUT2D eigenvalue weighted by Crippen LogP contribution is 2.18. The van der Waals surface area contributed by atoms with Gasteiger partial charge in [0.15, 0.2) is 0 Å². The Labute approximate surface area is 91.8 Å². The van der Waals surface area contributed by atoms with Crippen LogP contribution in [0.1, 0.15) is 33.6 Å². The maximum atomic E-state index is 11.6. The average molecular weight is 214 g/mol. The first-order valence-corrected chi connectivity index (χ1v) is 5.70. The van der Waals surface area contributed by atoms with E-state index in [1.165, 1.54) is 0 Å². The van der Waals surface area contributed by atoms with Crippen LogP contribution in [0.25, 0.3) is 0 Å². The van der Waals surface area contributed by atoms with Crippen LogP contribution in [-0.2, 0) is 9.53 Å². The first-order valence-electron chi connectivity index (χ1n) is 5.70. The van der Waals surface area contributed by atoms with E-state index in [1.54, 1.807) is 0 Å². The molecule has 2 N–H and O–H groups in total. The Morgan fingerprint density at radius 1 is 1.60 bits per heavy atom. The van der Waals surface area contributed by atoms with E-state index in [0.717, 1.165) is 26.0 Å². The van der Waals surface area contributed by atoms with Crippen LogP contribution in [0.4, 0.5) is 0 Å². The van der Waals surface area contributed by atoms with Crippen LogP contribution >= 0.6 is 0 Å². The summed E-state index contributed by atoms with van der Waals surface area (Å²) in [6.07, 6.45) is 1.94. The quantitative estimate of drug-likeness (QED) is 0.707. The standard InChI is InChI=1S/C11H22N2O2/c1-4-6-12-10(14)9(2)13-11(3)5-7-15-8-11/h9,13H,4-8H2,1-3H3,(H,12,14). The van der Waals surface area contributed by atoms with Gasteiger partial charge in [-0.25, -0.2) is 0 Å². The molecule has 0 spiro atoms. The minimum Gasteiger partial charge on any atom is -0.379 e. The normalized spacial score (nSPS) is 27.7. The van der Waals surface area contributed by atoms with Crippen LogP contribution in [0.3, 0.4) is 0 Å². The fourth-order valence-electron chi connectivity index (χ4n) is 1.77. The summed E-state index contributed by atoms with van der Waals surface area (Å²) in [5.74, 6) is 0.0741. The summed E-state index contributed by atoms with van der Waals surface area (Å²) < 4.78 is 5.33. The lowest BCUT2D eigenvalue weighted by Crippen LogP contribution is -2.53. The molecule has 1 heterocycles. The largest absolute Gasteiger partial charge is 0.379 e. The molecule has 0 bridgehead atoms. The first-order chi connectivity index (χ1) is 7.07. The van der Waals surface area contributed by atoms with Crippen LogP contribution in [0.15, 0.2) is 0 Å². The minimum atomic E-state index is -0.150. The molecule has 1 rings (SSSR count). The van der Waals surface area contributed by atoms with Gasteiger partial charge in [-0.1, -0.05) is 6.92 Å². The predicted molar refractivity (Wildman–Crippen MR) is 59.7 cm³/mol. The minimum absolute atomic E-state index is 0.0387. The van der Waals surface area contributed by atoms with Gasteiger partial charge < -0.3 is 10.1 Å². The van der Waals surface area contributed by atoms with Crippen molar-refractivity contribution in [3.05, 3.63) is 0 Å². The molecule has 0 aromatic heterocycles. The van der Waals surface area contributed by atoms with E-state index in [-0.39, 0.29) is 17.5 Å². The molecular weight excluding hydrogens is 192 g/mol. The van der Waals surface area contributed by atoms with Gasteiger partial charge in [0, 0.05) is 18.7 Å². The van der Waals surface area contributed by atoms with E-state index in [1.807, 2.05) is 13.8 Å². The molecule has 0 aromatic carbocycles. The maximum absolute atomic E-state index is 11.6. The molecular formula is C11H22N2O2.